The second-order valence-corrected chi connectivity index (χ2v) is 7.05. The van der Waals surface area contributed by atoms with Gasteiger partial charge in [0.25, 0.3) is 0 Å². The highest BCUT2D eigenvalue weighted by molar-refractivity contribution is 7.89. The van der Waals surface area contributed by atoms with Crippen LogP contribution in [0.25, 0.3) is 0 Å². The summed E-state index contributed by atoms with van der Waals surface area (Å²) in [5, 5.41) is 0. The van der Waals surface area contributed by atoms with Gasteiger partial charge in [0.15, 0.2) is 4.90 Å². The van der Waals surface area contributed by atoms with Gasteiger partial charge in [0.05, 0.1) is 0 Å². The number of sulfonamides is 1. The van der Waals surface area contributed by atoms with Gasteiger partial charge < -0.3 is 10.6 Å². The van der Waals surface area contributed by atoms with E-state index in [1.54, 1.807) is 32.8 Å². The number of nitrogens with zero attached hydrogens (tertiary/aromatic N) is 1. The molecule has 0 spiro atoms. The minimum Gasteiger partial charge on any atom is -0.399 e. The van der Waals surface area contributed by atoms with Crippen LogP contribution in [0.2, 0.25) is 0 Å². The van der Waals surface area contributed by atoms with Crippen LogP contribution in [0.3, 0.4) is 0 Å². The molecular weight excluding hydrogens is 288 g/mol. The first kappa shape index (κ1) is 16.8. The molecule has 0 radical (unpaired) electrons. The first-order valence-electron chi connectivity index (χ1n) is 5.89. The van der Waals surface area contributed by atoms with Crippen LogP contribution in [0.5, 0.6) is 0 Å². The second-order valence-electron chi connectivity index (χ2n) is 5.35. The van der Waals surface area contributed by atoms with E-state index in [-0.39, 0.29) is 12.2 Å². The van der Waals surface area contributed by atoms with Crippen LogP contribution in [0, 0.1) is 11.6 Å². The number of rotatable bonds is 5. The predicted molar refractivity (Wildman–Crippen MR) is 73.7 cm³/mol. The number of anilines is 1. The number of halogens is 2. The van der Waals surface area contributed by atoms with Gasteiger partial charge in [0, 0.05) is 17.8 Å². The number of nitrogen functional groups attached to an aromatic ring is 1. The van der Waals surface area contributed by atoms with Gasteiger partial charge in [-0.25, -0.2) is 21.9 Å². The molecular formula is C12H19F2N3O2S. The van der Waals surface area contributed by atoms with E-state index in [1.807, 2.05) is 0 Å². The van der Waals surface area contributed by atoms with Crippen LogP contribution in [0.4, 0.5) is 14.5 Å². The third kappa shape index (κ3) is 3.65. The van der Waals surface area contributed by atoms with E-state index in [0.29, 0.717) is 0 Å². The fourth-order valence-corrected chi connectivity index (χ4v) is 2.66. The highest BCUT2D eigenvalue weighted by Crippen LogP contribution is 2.22. The zero-order valence-electron chi connectivity index (χ0n) is 11.9. The number of nitrogens with two attached hydrogens (primary N) is 1. The normalized spacial score (nSPS) is 12.9. The molecule has 0 aliphatic rings. The summed E-state index contributed by atoms with van der Waals surface area (Å²) in [6, 6.07) is 1.55. The van der Waals surface area contributed by atoms with Crippen molar-refractivity contribution in [2.75, 3.05) is 26.4 Å². The molecule has 1 aromatic carbocycles. The molecule has 5 nitrogen and oxygen atoms in total. The lowest BCUT2D eigenvalue weighted by molar-refractivity contribution is 0.198. The summed E-state index contributed by atoms with van der Waals surface area (Å²) >= 11 is 0. The lowest BCUT2D eigenvalue weighted by Crippen LogP contribution is -2.48. The van der Waals surface area contributed by atoms with Crippen molar-refractivity contribution in [3.05, 3.63) is 23.8 Å². The minimum atomic E-state index is -4.29. The summed E-state index contributed by atoms with van der Waals surface area (Å²) in [5.74, 6) is -2.42. The highest BCUT2D eigenvalue weighted by atomic mass is 32.2. The van der Waals surface area contributed by atoms with Crippen molar-refractivity contribution in [3.63, 3.8) is 0 Å². The van der Waals surface area contributed by atoms with Crippen LogP contribution in [0.1, 0.15) is 13.8 Å². The minimum absolute atomic E-state index is 0.00555. The topological polar surface area (TPSA) is 75.4 Å². The maximum atomic E-state index is 13.6. The number of nitrogens with one attached hydrogen (secondary N) is 1. The van der Waals surface area contributed by atoms with E-state index in [2.05, 4.69) is 4.72 Å². The fourth-order valence-electron chi connectivity index (χ4n) is 1.34. The fraction of sp³-hybridized carbons (Fsp3) is 0.500. The van der Waals surface area contributed by atoms with Crippen LogP contribution in [-0.4, -0.2) is 39.5 Å². The molecule has 0 saturated heterocycles. The molecule has 0 atom stereocenters. The van der Waals surface area contributed by atoms with Crippen LogP contribution < -0.4 is 10.5 Å². The van der Waals surface area contributed by atoms with Gasteiger partial charge in [-0.2, -0.15) is 0 Å². The molecule has 0 unspecified atom stereocenters. The Balaban J connectivity index is 3.08. The van der Waals surface area contributed by atoms with Crippen molar-refractivity contribution in [1.82, 2.24) is 9.62 Å². The Bertz CT molecular complexity index is 578. The summed E-state index contributed by atoms with van der Waals surface area (Å²) in [6.45, 7) is 3.60. The number of likely N-dealkylation sites (N-methyl/N-ethyl adjacent to an activating group) is 1. The molecule has 0 bridgehead atoms. The van der Waals surface area contributed by atoms with Gasteiger partial charge in [-0.3, -0.25) is 0 Å². The maximum Gasteiger partial charge on any atom is 0.246 e. The van der Waals surface area contributed by atoms with Gasteiger partial charge in [0.1, 0.15) is 11.6 Å². The van der Waals surface area contributed by atoms with E-state index < -0.39 is 32.1 Å². The van der Waals surface area contributed by atoms with Crippen LogP contribution >= 0.6 is 0 Å². The molecule has 1 rings (SSSR count). The van der Waals surface area contributed by atoms with Gasteiger partial charge >= 0.3 is 0 Å². The third-order valence-electron chi connectivity index (χ3n) is 3.19. The van der Waals surface area contributed by atoms with Crippen molar-refractivity contribution < 1.29 is 17.2 Å². The Morgan fingerprint density at radius 2 is 1.70 bits per heavy atom. The maximum absolute atomic E-state index is 13.6. The molecule has 0 fully saturated rings. The molecule has 0 aromatic heterocycles. The van der Waals surface area contributed by atoms with Crippen molar-refractivity contribution in [2.24, 2.45) is 0 Å². The number of hydrogen-bond acceptors (Lipinski definition) is 4. The first-order chi connectivity index (χ1) is 8.97. The summed E-state index contributed by atoms with van der Waals surface area (Å²) in [7, 11) is -0.734. The smallest absolute Gasteiger partial charge is 0.246 e. The van der Waals surface area contributed by atoms with Gasteiger partial charge in [-0.1, -0.05) is 0 Å². The summed E-state index contributed by atoms with van der Waals surface area (Å²) in [5.41, 5.74) is 4.57. The molecule has 114 valence electrons. The molecule has 3 N–H and O–H groups in total. The molecule has 0 saturated carbocycles. The Labute approximate surface area is 117 Å². The molecule has 0 amide bonds. The van der Waals surface area contributed by atoms with E-state index in [0.717, 1.165) is 12.1 Å². The van der Waals surface area contributed by atoms with E-state index in [9.17, 15) is 17.2 Å². The quantitative estimate of drug-likeness (QED) is 0.801. The van der Waals surface area contributed by atoms with E-state index in [4.69, 9.17) is 5.73 Å². The Kier molecular flexibility index (Phi) is 4.73. The van der Waals surface area contributed by atoms with Crippen LogP contribution in [-0.2, 0) is 10.0 Å². The van der Waals surface area contributed by atoms with Crippen molar-refractivity contribution in [1.29, 1.82) is 0 Å². The molecule has 20 heavy (non-hydrogen) atoms. The van der Waals surface area contributed by atoms with Gasteiger partial charge in [-0.05, 0) is 40.1 Å². The first-order valence-corrected chi connectivity index (χ1v) is 7.37. The van der Waals surface area contributed by atoms with E-state index >= 15 is 0 Å². The predicted octanol–water partition coefficient (Wildman–Crippen LogP) is 1.17. The number of benzene rings is 1. The molecule has 8 heteroatoms. The molecule has 0 aliphatic heterocycles. The molecule has 0 heterocycles. The Morgan fingerprint density at radius 3 is 2.10 bits per heavy atom. The average Bonchev–Trinajstić information content (AvgIpc) is 2.24. The van der Waals surface area contributed by atoms with Gasteiger partial charge in [0.2, 0.25) is 10.0 Å². The van der Waals surface area contributed by atoms with E-state index in [1.165, 1.54) is 0 Å². The monoisotopic (exact) mass is 307 g/mol. The standard InChI is InChI=1S/C12H19F2N3O2S/c1-12(2,17(3)4)7-16-20(18,19)11-9(13)5-8(15)6-10(11)14/h5-6,16H,7,15H2,1-4H3. The Hall–Kier alpha value is -1.25. The van der Waals surface area contributed by atoms with Crippen molar-refractivity contribution >= 4 is 15.7 Å². The SMILES string of the molecule is CN(C)C(C)(C)CNS(=O)(=O)c1c(F)cc(N)cc1F. The zero-order chi connectivity index (χ0) is 15.7. The highest BCUT2D eigenvalue weighted by Gasteiger charge is 2.28. The van der Waals surface area contributed by atoms with Crippen molar-refractivity contribution in [2.45, 2.75) is 24.3 Å². The zero-order valence-corrected chi connectivity index (χ0v) is 12.7. The van der Waals surface area contributed by atoms with Gasteiger partial charge in [-0.15, -0.1) is 0 Å². The largest absolute Gasteiger partial charge is 0.399 e. The Morgan fingerprint density at radius 1 is 1.25 bits per heavy atom. The lowest BCUT2D eigenvalue weighted by atomic mass is 10.1. The van der Waals surface area contributed by atoms with Crippen LogP contribution in [0.15, 0.2) is 17.0 Å². The number of hydrogen-bond donors (Lipinski definition) is 2. The summed E-state index contributed by atoms with van der Waals surface area (Å²) in [6.07, 6.45) is 0. The lowest BCUT2D eigenvalue weighted by Gasteiger charge is -2.32. The molecule has 0 aliphatic carbocycles. The second kappa shape index (κ2) is 5.63. The summed E-state index contributed by atoms with van der Waals surface area (Å²) in [4.78, 5) is 0.784. The summed E-state index contributed by atoms with van der Waals surface area (Å²) < 4.78 is 53.5. The molecule has 1 aromatic rings. The third-order valence-corrected chi connectivity index (χ3v) is 4.65. The average molecular weight is 307 g/mol. The van der Waals surface area contributed by atoms with Crippen molar-refractivity contribution in [3.8, 4) is 0 Å².